The van der Waals surface area contributed by atoms with Crippen LogP contribution in [0.2, 0.25) is 0 Å². The van der Waals surface area contributed by atoms with Gasteiger partial charge in [0.1, 0.15) is 5.76 Å². The second-order valence-corrected chi connectivity index (χ2v) is 4.06. The maximum absolute atomic E-state index is 11.9. The summed E-state index contributed by atoms with van der Waals surface area (Å²) in [6.07, 6.45) is 0. The number of rotatable bonds is 3. The van der Waals surface area contributed by atoms with Crippen molar-refractivity contribution in [2.75, 3.05) is 5.32 Å². The van der Waals surface area contributed by atoms with E-state index in [1.54, 1.807) is 13.0 Å². The summed E-state index contributed by atoms with van der Waals surface area (Å²) in [5.74, 6) is 0.507. The van der Waals surface area contributed by atoms with E-state index in [1.807, 2.05) is 30.3 Å². The Morgan fingerprint density at radius 1 is 1.20 bits per heavy atom. The van der Waals surface area contributed by atoms with Crippen LogP contribution in [0.4, 0.5) is 5.82 Å². The second-order valence-electron chi connectivity index (χ2n) is 4.06. The molecule has 1 aromatic carbocycles. The van der Waals surface area contributed by atoms with Crippen molar-refractivity contribution in [3.63, 3.8) is 0 Å². The molecule has 0 spiro atoms. The van der Waals surface area contributed by atoms with Gasteiger partial charge in [-0.15, -0.1) is 10.2 Å². The number of carbonyl (C=O) groups excluding carboxylic acids is 1. The lowest BCUT2D eigenvalue weighted by molar-refractivity contribution is 0.0990. The van der Waals surface area contributed by atoms with E-state index in [1.165, 1.54) is 0 Å². The van der Waals surface area contributed by atoms with E-state index in [0.29, 0.717) is 11.6 Å². The van der Waals surface area contributed by atoms with E-state index in [0.717, 1.165) is 5.56 Å². The highest BCUT2D eigenvalue weighted by molar-refractivity contribution is 6.00. The molecule has 0 saturated carbocycles. The van der Waals surface area contributed by atoms with Gasteiger partial charge in [0.25, 0.3) is 0 Å². The van der Waals surface area contributed by atoms with E-state index in [-0.39, 0.29) is 11.8 Å². The van der Waals surface area contributed by atoms with E-state index >= 15 is 0 Å². The Labute approximate surface area is 113 Å². The third-order valence-electron chi connectivity index (χ3n) is 2.51. The summed E-state index contributed by atoms with van der Waals surface area (Å²) in [6.45, 7) is 1.73. The smallest absolute Gasteiger partial charge is 0.314 e. The molecule has 7 nitrogen and oxygen atoms in total. The number of hydrogen-bond acceptors (Lipinski definition) is 6. The number of nitrogens with zero attached hydrogens (tertiary/aromatic N) is 3. The molecule has 0 aliphatic carbocycles. The van der Waals surface area contributed by atoms with Crippen LogP contribution < -0.4 is 5.32 Å². The average molecular weight is 270 g/mol. The summed E-state index contributed by atoms with van der Waals surface area (Å²) < 4.78 is 10.2. The Morgan fingerprint density at radius 3 is 2.70 bits per heavy atom. The van der Waals surface area contributed by atoms with E-state index in [4.69, 9.17) is 8.94 Å². The van der Waals surface area contributed by atoms with Gasteiger partial charge < -0.3 is 8.94 Å². The predicted octanol–water partition coefficient (Wildman–Crippen LogP) is 2.29. The minimum absolute atomic E-state index is 0.135. The Bertz CT molecular complexity index is 733. The van der Waals surface area contributed by atoms with Gasteiger partial charge in [-0.25, -0.2) is 0 Å². The molecule has 0 unspecified atom stereocenters. The summed E-state index contributed by atoms with van der Waals surface area (Å²) in [6, 6.07) is 10.8. The van der Waals surface area contributed by atoms with Crippen molar-refractivity contribution < 1.29 is 13.7 Å². The molecule has 0 saturated heterocycles. The van der Waals surface area contributed by atoms with Gasteiger partial charge in [-0.2, -0.15) is 0 Å². The minimum atomic E-state index is -0.534. The zero-order valence-electron chi connectivity index (χ0n) is 10.5. The van der Waals surface area contributed by atoms with Gasteiger partial charge in [-0.1, -0.05) is 23.4 Å². The lowest BCUT2D eigenvalue weighted by Gasteiger charge is -1.95. The van der Waals surface area contributed by atoms with Gasteiger partial charge in [0, 0.05) is 11.6 Å². The molecule has 0 bridgehead atoms. The maximum atomic E-state index is 11.9. The van der Waals surface area contributed by atoms with Gasteiger partial charge in [-0.3, -0.25) is 10.1 Å². The molecule has 0 atom stereocenters. The van der Waals surface area contributed by atoms with E-state index < -0.39 is 5.91 Å². The highest BCUT2D eigenvalue weighted by atomic mass is 16.5. The average Bonchev–Trinajstić information content (AvgIpc) is 3.09. The van der Waals surface area contributed by atoms with Crippen LogP contribution >= 0.6 is 0 Å². The fourth-order valence-electron chi connectivity index (χ4n) is 1.61. The molecule has 3 aromatic rings. The zero-order valence-corrected chi connectivity index (χ0v) is 10.5. The van der Waals surface area contributed by atoms with Gasteiger partial charge in [0.15, 0.2) is 5.82 Å². The van der Waals surface area contributed by atoms with Gasteiger partial charge >= 0.3 is 11.8 Å². The predicted molar refractivity (Wildman–Crippen MR) is 68.9 cm³/mol. The fraction of sp³-hybridized carbons (Fsp3) is 0.0769. The molecule has 0 aliphatic rings. The molecular weight excluding hydrogens is 260 g/mol. The summed E-state index contributed by atoms with van der Waals surface area (Å²) in [4.78, 5) is 11.9. The van der Waals surface area contributed by atoms with Gasteiger partial charge in [0.05, 0.1) is 0 Å². The van der Waals surface area contributed by atoms with Crippen molar-refractivity contribution in [3.05, 3.63) is 48.0 Å². The normalized spacial score (nSPS) is 10.4. The van der Waals surface area contributed by atoms with Crippen molar-refractivity contribution in [2.45, 2.75) is 6.92 Å². The Kier molecular flexibility index (Phi) is 3.00. The SMILES string of the molecule is Cc1cc(NC(=O)c2nnc(-c3ccccc3)o2)no1. The van der Waals surface area contributed by atoms with Crippen LogP contribution in [-0.4, -0.2) is 21.3 Å². The van der Waals surface area contributed by atoms with Gasteiger partial charge in [0.2, 0.25) is 5.89 Å². The molecule has 20 heavy (non-hydrogen) atoms. The van der Waals surface area contributed by atoms with Gasteiger partial charge in [-0.05, 0) is 19.1 Å². The first-order valence-electron chi connectivity index (χ1n) is 5.86. The van der Waals surface area contributed by atoms with Crippen molar-refractivity contribution in [2.24, 2.45) is 0 Å². The standard InChI is InChI=1S/C13H10N4O3/c1-8-7-10(17-20-8)14-11(18)13-16-15-12(19-13)9-5-3-2-4-6-9/h2-7H,1H3,(H,14,17,18). The zero-order chi connectivity index (χ0) is 13.9. The third-order valence-corrected chi connectivity index (χ3v) is 2.51. The quantitative estimate of drug-likeness (QED) is 0.784. The van der Waals surface area contributed by atoms with Crippen LogP contribution in [0.15, 0.2) is 45.3 Å². The van der Waals surface area contributed by atoms with Crippen LogP contribution in [0.3, 0.4) is 0 Å². The van der Waals surface area contributed by atoms with Crippen LogP contribution in [0.25, 0.3) is 11.5 Å². The number of amides is 1. The number of nitrogens with one attached hydrogen (secondary N) is 1. The fourth-order valence-corrected chi connectivity index (χ4v) is 1.61. The third kappa shape index (κ3) is 2.41. The molecule has 3 rings (SSSR count). The van der Waals surface area contributed by atoms with Crippen LogP contribution in [0.5, 0.6) is 0 Å². The molecule has 1 amide bonds. The molecule has 1 N–H and O–H groups in total. The maximum Gasteiger partial charge on any atom is 0.314 e. The van der Waals surface area contributed by atoms with Crippen molar-refractivity contribution in [1.29, 1.82) is 0 Å². The molecule has 0 radical (unpaired) electrons. The summed E-state index contributed by atoms with van der Waals surface area (Å²) in [5, 5.41) is 13.7. The van der Waals surface area contributed by atoms with Crippen molar-refractivity contribution in [3.8, 4) is 11.5 Å². The summed E-state index contributed by atoms with van der Waals surface area (Å²) in [5.41, 5.74) is 0.747. The Morgan fingerprint density at radius 2 is 2.00 bits per heavy atom. The van der Waals surface area contributed by atoms with Crippen LogP contribution in [0.1, 0.15) is 16.4 Å². The lowest BCUT2D eigenvalue weighted by Crippen LogP contribution is -2.12. The number of anilines is 1. The first-order chi connectivity index (χ1) is 9.72. The molecule has 2 aromatic heterocycles. The monoisotopic (exact) mass is 270 g/mol. The van der Waals surface area contributed by atoms with Crippen LogP contribution in [-0.2, 0) is 0 Å². The van der Waals surface area contributed by atoms with Crippen molar-refractivity contribution in [1.82, 2.24) is 15.4 Å². The van der Waals surface area contributed by atoms with Crippen LogP contribution in [0, 0.1) is 6.92 Å². The van der Waals surface area contributed by atoms with E-state index in [2.05, 4.69) is 20.7 Å². The lowest BCUT2D eigenvalue weighted by atomic mass is 10.2. The largest absolute Gasteiger partial charge is 0.412 e. The highest BCUT2D eigenvalue weighted by Gasteiger charge is 2.17. The molecule has 7 heteroatoms. The number of aryl methyl sites for hydroxylation is 1. The molecule has 0 aliphatic heterocycles. The molecule has 0 fully saturated rings. The first-order valence-corrected chi connectivity index (χ1v) is 5.86. The molecule has 2 heterocycles. The number of benzene rings is 1. The van der Waals surface area contributed by atoms with E-state index in [9.17, 15) is 4.79 Å². The Hall–Kier alpha value is -2.96. The minimum Gasteiger partial charge on any atom is -0.412 e. The number of carbonyl (C=O) groups is 1. The summed E-state index contributed by atoms with van der Waals surface area (Å²) in [7, 11) is 0. The second kappa shape index (κ2) is 4.96. The highest BCUT2D eigenvalue weighted by Crippen LogP contribution is 2.17. The first kappa shape index (κ1) is 12.1. The number of aromatic nitrogens is 3. The molecule has 100 valence electrons. The molecular formula is C13H10N4O3. The Balaban J connectivity index is 1.78. The summed E-state index contributed by atoms with van der Waals surface area (Å²) >= 11 is 0. The topological polar surface area (TPSA) is 94.1 Å². The van der Waals surface area contributed by atoms with Crippen molar-refractivity contribution >= 4 is 11.7 Å². The number of hydrogen-bond donors (Lipinski definition) is 1.